The Morgan fingerprint density at radius 3 is 2.25 bits per heavy atom. The molecule has 0 amide bonds. The molecule has 0 atom stereocenters. The minimum absolute atomic E-state index is 0. The number of rotatable bonds is 1. The quantitative estimate of drug-likeness (QED) is 0.694. The molecule has 1 rings (SSSR count). The van der Waals surface area contributed by atoms with Gasteiger partial charge in [-0.3, -0.25) is 0 Å². The number of hydrogen-bond acceptors (Lipinski definition) is 2. The monoisotopic (exact) mass is 208 g/mol. The van der Waals surface area contributed by atoms with E-state index in [-0.39, 0.29) is 24.8 Å². The summed E-state index contributed by atoms with van der Waals surface area (Å²) in [4.78, 5) is 0. The lowest BCUT2D eigenvalue weighted by Crippen LogP contribution is -2.01. The van der Waals surface area contributed by atoms with Crippen LogP contribution in [0.5, 0.6) is 0 Å². The Bertz CT molecular complexity index is 238. The van der Waals surface area contributed by atoms with Crippen LogP contribution in [0.3, 0.4) is 0 Å². The van der Waals surface area contributed by atoms with Crippen molar-refractivity contribution < 1.29 is 0 Å². The van der Waals surface area contributed by atoms with Crippen LogP contribution in [0, 0.1) is 6.92 Å². The average Bonchev–Trinajstić information content (AvgIpc) is 1.94. The van der Waals surface area contributed by atoms with Gasteiger partial charge in [-0.2, -0.15) is 0 Å². The van der Waals surface area contributed by atoms with Crippen molar-refractivity contribution in [3.05, 3.63) is 29.3 Å². The number of aryl methyl sites for hydroxylation is 1. The van der Waals surface area contributed by atoms with E-state index in [4.69, 9.17) is 11.5 Å². The van der Waals surface area contributed by atoms with Gasteiger partial charge in [0.05, 0.1) is 0 Å². The Morgan fingerprint density at radius 1 is 1.25 bits per heavy atom. The summed E-state index contributed by atoms with van der Waals surface area (Å²) in [5, 5.41) is 0. The molecule has 0 unspecified atom stereocenters. The zero-order valence-corrected chi connectivity index (χ0v) is 8.54. The highest BCUT2D eigenvalue weighted by molar-refractivity contribution is 5.85. The lowest BCUT2D eigenvalue weighted by atomic mass is 10.1. The average molecular weight is 209 g/mol. The molecule has 12 heavy (non-hydrogen) atoms. The SMILES string of the molecule is Cc1ccc(N)c(CN)c1.Cl.Cl. The summed E-state index contributed by atoms with van der Waals surface area (Å²) in [7, 11) is 0. The largest absolute Gasteiger partial charge is 0.398 e. The van der Waals surface area contributed by atoms with Crippen molar-refractivity contribution in [2.75, 3.05) is 5.73 Å². The zero-order valence-electron chi connectivity index (χ0n) is 6.91. The van der Waals surface area contributed by atoms with Crippen molar-refractivity contribution in [1.29, 1.82) is 0 Å². The van der Waals surface area contributed by atoms with E-state index in [1.54, 1.807) is 0 Å². The molecule has 0 saturated heterocycles. The summed E-state index contributed by atoms with van der Waals surface area (Å²) in [5.41, 5.74) is 14.1. The lowest BCUT2D eigenvalue weighted by Gasteiger charge is -2.02. The Kier molecular flexibility index (Phi) is 7.19. The Labute approximate surface area is 85.1 Å². The standard InChI is InChI=1S/C8H12N2.2ClH/c1-6-2-3-8(10)7(4-6)5-9;;/h2-4H,5,9-10H2,1H3;2*1H. The maximum absolute atomic E-state index is 5.62. The number of anilines is 1. The van der Waals surface area contributed by atoms with E-state index in [0.717, 1.165) is 11.3 Å². The van der Waals surface area contributed by atoms with Crippen LogP contribution in [-0.2, 0) is 6.54 Å². The molecule has 70 valence electrons. The maximum atomic E-state index is 5.62. The summed E-state index contributed by atoms with van der Waals surface area (Å²) < 4.78 is 0. The minimum atomic E-state index is 0. The summed E-state index contributed by atoms with van der Waals surface area (Å²) >= 11 is 0. The van der Waals surface area contributed by atoms with E-state index >= 15 is 0 Å². The third-order valence-corrected chi connectivity index (χ3v) is 1.52. The molecular formula is C8H14Cl2N2. The van der Waals surface area contributed by atoms with Crippen molar-refractivity contribution in [2.24, 2.45) is 5.73 Å². The van der Waals surface area contributed by atoms with E-state index in [1.807, 2.05) is 25.1 Å². The molecule has 1 aromatic carbocycles. The van der Waals surface area contributed by atoms with Crippen molar-refractivity contribution >= 4 is 30.5 Å². The Morgan fingerprint density at radius 2 is 1.83 bits per heavy atom. The van der Waals surface area contributed by atoms with E-state index < -0.39 is 0 Å². The first kappa shape index (κ1) is 14.1. The van der Waals surface area contributed by atoms with Crippen molar-refractivity contribution in [3.8, 4) is 0 Å². The molecule has 0 bridgehead atoms. The Hall–Kier alpha value is -0.440. The minimum Gasteiger partial charge on any atom is -0.398 e. The summed E-state index contributed by atoms with van der Waals surface area (Å²) in [5.74, 6) is 0. The third-order valence-electron chi connectivity index (χ3n) is 1.52. The highest BCUT2D eigenvalue weighted by Crippen LogP contribution is 2.11. The van der Waals surface area contributed by atoms with Crippen molar-refractivity contribution in [1.82, 2.24) is 0 Å². The smallest absolute Gasteiger partial charge is 0.0359 e. The predicted molar refractivity (Wildman–Crippen MR) is 58.0 cm³/mol. The molecular weight excluding hydrogens is 195 g/mol. The molecule has 0 aromatic heterocycles. The number of halogens is 2. The van der Waals surface area contributed by atoms with Gasteiger partial charge in [0.15, 0.2) is 0 Å². The topological polar surface area (TPSA) is 52.0 Å². The fourth-order valence-corrected chi connectivity index (χ4v) is 0.911. The van der Waals surface area contributed by atoms with E-state index in [2.05, 4.69) is 0 Å². The summed E-state index contributed by atoms with van der Waals surface area (Å²) in [6.45, 7) is 2.55. The Balaban J connectivity index is 0. The van der Waals surface area contributed by atoms with Gasteiger partial charge >= 0.3 is 0 Å². The van der Waals surface area contributed by atoms with Gasteiger partial charge in [0, 0.05) is 12.2 Å². The first-order valence-electron chi connectivity index (χ1n) is 3.29. The molecule has 2 nitrogen and oxygen atoms in total. The molecule has 0 spiro atoms. The molecule has 1 aromatic rings. The number of nitrogen functional groups attached to an aromatic ring is 1. The number of benzene rings is 1. The first-order valence-corrected chi connectivity index (χ1v) is 3.29. The van der Waals surface area contributed by atoms with E-state index in [1.165, 1.54) is 5.56 Å². The van der Waals surface area contributed by atoms with Gasteiger partial charge in [0.25, 0.3) is 0 Å². The van der Waals surface area contributed by atoms with Gasteiger partial charge in [-0.1, -0.05) is 17.7 Å². The van der Waals surface area contributed by atoms with Gasteiger partial charge in [-0.15, -0.1) is 24.8 Å². The van der Waals surface area contributed by atoms with Crippen LogP contribution >= 0.6 is 24.8 Å². The highest BCUT2D eigenvalue weighted by atomic mass is 35.5. The predicted octanol–water partition coefficient (Wildman–Crippen LogP) is 1.88. The second-order valence-corrected chi connectivity index (χ2v) is 2.41. The molecule has 0 heterocycles. The number of hydrogen-bond donors (Lipinski definition) is 2. The lowest BCUT2D eigenvalue weighted by molar-refractivity contribution is 1.07. The maximum Gasteiger partial charge on any atom is 0.0359 e. The zero-order chi connectivity index (χ0) is 7.56. The molecule has 0 saturated carbocycles. The van der Waals surface area contributed by atoms with Crippen LogP contribution in [0.4, 0.5) is 5.69 Å². The van der Waals surface area contributed by atoms with Gasteiger partial charge < -0.3 is 11.5 Å². The van der Waals surface area contributed by atoms with E-state index in [0.29, 0.717) is 6.54 Å². The molecule has 0 fully saturated rings. The molecule has 4 N–H and O–H groups in total. The number of nitrogens with two attached hydrogens (primary N) is 2. The van der Waals surface area contributed by atoms with Crippen LogP contribution in [0.25, 0.3) is 0 Å². The van der Waals surface area contributed by atoms with Crippen LogP contribution in [0.2, 0.25) is 0 Å². The van der Waals surface area contributed by atoms with Crippen LogP contribution < -0.4 is 11.5 Å². The van der Waals surface area contributed by atoms with Gasteiger partial charge in [0.2, 0.25) is 0 Å². The molecule has 4 heteroatoms. The molecule has 0 aliphatic carbocycles. The first-order chi connectivity index (χ1) is 4.74. The van der Waals surface area contributed by atoms with Crippen LogP contribution in [-0.4, -0.2) is 0 Å². The second-order valence-electron chi connectivity index (χ2n) is 2.41. The highest BCUT2D eigenvalue weighted by Gasteiger charge is 1.94. The molecule has 0 aliphatic rings. The van der Waals surface area contributed by atoms with Gasteiger partial charge in [-0.05, 0) is 18.6 Å². The second kappa shape index (κ2) is 6.12. The van der Waals surface area contributed by atoms with Crippen LogP contribution in [0.1, 0.15) is 11.1 Å². The van der Waals surface area contributed by atoms with Crippen molar-refractivity contribution in [3.63, 3.8) is 0 Å². The molecule has 0 radical (unpaired) electrons. The third kappa shape index (κ3) is 3.30. The fraction of sp³-hybridized carbons (Fsp3) is 0.250. The fourth-order valence-electron chi connectivity index (χ4n) is 0.911. The van der Waals surface area contributed by atoms with Gasteiger partial charge in [-0.25, -0.2) is 0 Å². The van der Waals surface area contributed by atoms with Crippen LogP contribution in [0.15, 0.2) is 18.2 Å². The molecule has 0 aliphatic heterocycles. The summed E-state index contributed by atoms with van der Waals surface area (Å²) in [6.07, 6.45) is 0. The summed E-state index contributed by atoms with van der Waals surface area (Å²) in [6, 6.07) is 5.88. The normalized spacial score (nSPS) is 8.17. The van der Waals surface area contributed by atoms with E-state index in [9.17, 15) is 0 Å². The van der Waals surface area contributed by atoms with Crippen molar-refractivity contribution in [2.45, 2.75) is 13.5 Å². The van der Waals surface area contributed by atoms with Gasteiger partial charge in [0.1, 0.15) is 0 Å².